The van der Waals surface area contributed by atoms with Crippen molar-refractivity contribution < 1.29 is 14.7 Å². The molecule has 0 saturated heterocycles. The molecule has 0 spiro atoms. The number of carboxylic acid groups (broad SMARTS) is 1. The molecular weight excluding hydrogens is 296 g/mol. The number of rotatable bonds is 6. The second-order valence-electron chi connectivity index (χ2n) is 5.13. The Labute approximate surface area is 134 Å². The number of carbonyl (C=O) groups is 2. The summed E-state index contributed by atoms with van der Waals surface area (Å²) in [6, 6.07) is 16.7. The minimum atomic E-state index is -0.864. The number of carboxylic acids is 1. The summed E-state index contributed by atoms with van der Waals surface area (Å²) in [4.78, 5) is 23.5. The Kier molecular flexibility index (Phi) is 5.78. The van der Waals surface area contributed by atoms with E-state index in [-0.39, 0.29) is 10.9 Å². The van der Waals surface area contributed by atoms with Gasteiger partial charge in [0.15, 0.2) is 0 Å². The molecule has 0 amide bonds. The van der Waals surface area contributed by atoms with Gasteiger partial charge in [0.1, 0.15) is 0 Å². The van der Waals surface area contributed by atoms with E-state index in [0.29, 0.717) is 12.0 Å². The molecule has 0 bridgehead atoms. The summed E-state index contributed by atoms with van der Waals surface area (Å²) in [5, 5.41) is 9.30. The number of thioether (sulfide) groups is 1. The van der Waals surface area contributed by atoms with Gasteiger partial charge in [-0.15, -0.1) is 0 Å². The zero-order valence-electron chi connectivity index (χ0n) is 12.4. The highest BCUT2D eigenvalue weighted by atomic mass is 32.2. The van der Waals surface area contributed by atoms with Crippen LogP contribution in [0.1, 0.15) is 21.5 Å². The zero-order chi connectivity index (χ0) is 15.9. The number of carbonyl (C=O) groups excluding carboxylic acids is 1. The summed E-state index contributed by atoms with van der Waals surface area (Å²) in [7, 11) is 0. The van der Waals surface area contributed by atoms with Crippen molar-refractivity contribution >= 4 is 22.8 Å². The van der Waals surface area contributed by atoms with Crippen LogP contribution >= 0.6 is 11.8 Å². The molecule has 22 heavy (non-hydrogen) atoms. The molecular formula is C18H18O3S. The fourth-order valence-electron chi connectivity index (χ4n) is 2.16. The summed E-state index contributed by atoms with van der Waals surface area (Å²) < 4.78 is 0. The second-order valence-corrected chi connectivity index (χ2v) is 6.12. The van der Waals surface area contributed by atoms with Gasteiger partial charge < -0.3 is 5.11 Å². The van der Waals surface area contributed by atoms with E-state index in [1.54, 1.807) is 24.3 Å². The second kappa shape index (κ2) is 7.80. The number of hydrogen-bond acceptors (Lipinski definition) is 3. The number of aryl methyl sites for hydroxylation is 1. The van der Waals surface area contributed by atoms with Crippen LogP contribution in [0.4, 0.5) is 0 Å². The van der Waals surface area contributed by atoms with Gasteiger partial charge in [-0.3, -0.25) is 9.59 Å². The van der Waals surface area contributed by atoms with E-state index < -0.39 is 11.9 Å². The lowest BCUT2D eigenvalue weighted by atomic mass is 9.97. The highest BCUT2D eigenvalue weighted by Crippen LogP contribution is 2.20. The van der Waals surface area contributed by atoms with E-state index in [2.05, 4.69) is 0 Å². The first-order chi connectivity index (χ1) is 10.6. The fourth-order valence-corrected chi connectivity index (χ4v) is 3.07. The van der Waals surface area contributed by atoms with Crippen molar-refractivity contribution in [2.24, 2.45) is 5.92 Å². The third-order valence-electron chi connectivity index (χ3n) is 3.50. The van der Waals surface area contributed by atoms with Crippen molar-refractivity contribution in [2.45, 2.75) is 13.3 Å². The largest absolute Gasteiger partial charge is 0.481 e. The lowest BCUT2D eigenvalue weighted by molar-refractivity contribution is -0.140. The quantitative estimate of drug-likeness (QED) is 0.881. The Morgan fingerprint density at radius 3 is 2.32 bits per heavy atom. The first-order valence-corrected chi connectivity index (χ1v) is 8.06. The van der Waals surface area contributed by atoms with Crippen LogP contribution in [0.25, 0.3) is 0 Å². The molecule has 0 radical (unpaired) electrons. The SMILES string of the molecule is Cc1ccccc1CC(CSC(=O)c1ccccc1)C(=O)O. The van der Waals surface area contributed by atoms with E-state index in [4.69, 9.17) is 0 Å². The molecule has 2 aromatic rings. The van der Waals surface area contributed by atoms with E-state index in [9.17, 15) is 14.7 Å². The molecule has 0 aliphatic carbocycles. The molecule has 114 valence electrons. The van der Waals surface area contributed by atoms with Gasteiger partial charge in [-0.2, -0.15) is 0 Å². The molecule has 1 unspecified atom stereocenters. The fraction of sp³-hybridized carbons (Fsp3) is 0.222. The number of hydrogen-bond donors (Lipinski definition) is 1. The van der Waals surface area contributed by atoms with E-state index >= 15 is 0 Å². The molecule has 4 heteroatoms. The van der Waals surface area contributed by atoms with Crippen LogP contribution in [-0.4, -0.2) is 21.9 Å². The molecule has 0 heterocycles. The first kappa shape index (κ1) is 16.3. The molecule has 1 atom stereocenters. The summed E-state index contributed by atoms with van der Waals surface area (Å²) in [5.74, 6) is -1.16. The van der Waals surface area contributed by atoms with Crippen LogP contribution in [0, 0.1) is 12.8 Å². The van der Waals surface area contributed by atoms with E-state index in [0.717, 1.165) is 22.9 Å². The van der Waals surface area contributed by atoms with Crippen molar-refractivity contribution in [1.29, 1.82) is 0 Å². The Morgan fingerprint density at radius 1 is 1.05 bits per heavy atom. The van der Waals surface area contributed by atoms with Crippen molar-refractivity contribution in [3.8, 4) is 0 Å². The third-order valence-corrected chi connectivity index (χ3v) is 4.57. The minimum Gasteiger partial charge on any atom is -0.481 e. The van der Waals surface area contributed by atoms with Gasteiger partial charge in [0.05, 0.1) is 5.92 Å². The maximum absolute atomic E-state index is 12.1. The maximum atomic E-state index is 12.1. The molecule has 3 nitrogen and oxygen atoms in total. The molecule has 2 aromatic carbocycles. The van der Waals surface area contributed by atoms with Crippen molar-refractivity contribution in [3.05, 3.63) is 71.3 Å². The van der Waals surface area contributed by atoms with E-state index in [1.807, 2.05) is 37.3 Å². The topological polar surface area (TPSA) is 54.4 Å². The van der Waals surface area contributed by atoms with Gasteiger partial charge in [0, 0.05) is 11.3 Å². The third kappa shape index (κ3) is 4.46. The summed E-state index contributed by atoms with van der Waals surface area (Å²) >= 11 is 1.07. The summed E-state index contributed by atoms with van der Waals surface area (Å²) in [5.41, 5.74) is 2.70. The van der Waals surface area contributed by atoms with Crippen LogP contribution in [0.2, 0.25) is 0 Å². The number of benzene rings is 2. The Balaban J connectivity index is 2.00. The smallest absolute Gasteiger partial charge is 0.307 e. The van der Waals surface area contributed by atoms with Crippen LogP contribution in [-0.2, 0) is 11.2 Å². The minimum absolute atomic E-state index is 0.0865. The van der Waals surface area contributed by atoms with Gasteiger partial charge in [0.25, 0.3) is 0 Å². The summed E-state index contributed by atoms with van der Waals surface area (Å²) in [6.07, 6.45) is 0.442. The van der Waals surface area contributed by atoms with Gasteiger partial charge in [0.2, 0.25) is 5.12 Å². The van der Waals surface area contributed by atoms with Crippen LogP contribution in [0.5, 0.6) is 0 Å². The van der Waals surface area contributed by atoms with Crippen LogP contribution in [0.15, 0.2) is 54.6 Å². The van der Waals surface area contributed by atoms with Crippen molar-refractivity contribution in [1.82, 2.24) is 0 Å². The highest BCUT2D eigenvalue weighted by molar-refractivity contribution is 8.14. The molecule has 0 aliphatic heterocycles. The van der Waals surface area contributed by atoms with Gasteiger partial charge in [-0.1, -0.05) is 66.4 Å². The predicted molar refractivity (Wildman–Crippen MR) is 89.2 cm³/mol. The van der Waals surface area contributed by atoms with Gasteiger partial charge in [-0.25, -0.2) is 0 Å². The lowest BCUT2D eigenvalue weighted by Gasteiger charge is -2.13. The lowest BCUT2D eigenvalue weighted by Crippen LogP contribution is -2.20. The monoisotopic (exact) mass is 314 g/mol. The van der Waals surface area contributed by atoms with E-state index in [1.165, 1.54) is 0 Å². The van der Waals surface area contributed by atoms with Crippen LogP contribution in [0.3, 0.4) is 0 Å². The molecule has 2 rings (SSSR count). The molecule has 0 fully saturated rings. The Hall–Kier alpha value is -2.07. The maximum Gasteiger partial charge on any atom is 0.307 e. The Bertz CT molecular complexity index is 652. The number of aliphatic carboxylic acids is 1. The average Bonchev–Trinajstić information content (AvgIpc) is 2.53. The summed E-state index contributed by atoms with van der Waals surface area (Å²) in [6.45, 7) is 1.97. The first-order valence-electron chi connectivity index (χ1n) is 7.07. The molecule has 0 aliphatic rings. The average molecular weight is 314 g/mol. The Morgan fingerprint density at radius 2 is 1.68 bits per heavy atom. The molecule has 1 N–H and O–H groups in total. The standard InChI is InChI=1S/C18H18O3S/c1-13-7-5-6-10-15(13)11-16(17(19)20)12-22-18(21)14-8-3-2-4-9-14/h2-10,16H,11-12H2,1H3,(H,19,20). The normalized spacial score (nSPS) is 11.9. The molecule has 0 aromatic heterocycles. The van der Waals surface area contributed by atoms with Gasteiger partial charge in [-0.05, 0) is 24.5 Å². The zero-order valence-corrected chi connectivity index (χ0v) is 13.2. The molecule has 0 saturated carbocycles. The highest BCUT2D eigenvalue weighted by Gasteiger charge is 2.21. The van der Waals surface area contributed by atoms with Crippen LogP contribution < -0.4 is 0 Å². The van der Waals surface area contributed by atoms with Crippen molar-refractivity contribution in [2.75, 3.05) is 5.75 Å². The van der Waals surface area contributed by atoms with Crippen molar-refractivity contribution in [3.63, 3.8) is 0 Å². The van der Waals surface area contributed by atoms with Gasteiger partial charge >= 0.3 is 5.97 Å². The predicted octanol–water partition coefficient (Wildman–Crippen LogP) is 3.81.